The van der Waals surface area contributed by atoms with Crippen molar-refractivity contribution in [2.75, 3.05) is 56.7 Å². The third-order valence-electron chi connectivity index (χ3n) is 4.71. The zero-order valence-corrected chi connectivity index (χ0v) is 21.0. The Bertz CT molecular complexity index is 751. The number of rotatable bonds is 8. The largest absolute Gasteiger partial charge is 0.357 e. The summed E-state index contributed by atoms with van der Waals surface area (Å²) in [6.07, 6.45) is 3.65. The van der Waals surface area contributed by atoms with Crippen LogP contribution in [0.15, 0.2) is 23.3 Å². The van der Waals surface area contributed by atoms with Gasteiger partial charge in [0.2, 0.25) is 0 Å². The van der Waals surface area contributed by atoms with Gasteiger partial charge in [0.25, 0.3) is 0 Å². The third kappa shape index (κ3) is 9.94. The first kappa shape index (κ1) is 25.9. The lowest BCUT2D eigenvalue weighted by molar-refractivity contribution is 0.312. The fraction of sp³-hybridized carbons (Fsp3) is 0.684. The van der Waals surface area contributed by atoms with Gasteiger partial charge in [-0.2, -0.15) is 0 Å². The molecule has 10 heteroatoms. The van der Waals surface area contributed by atoms with E-state index in [4.69, 9.17) is 0 Å². The van der Waals surface area contributed by atoms with Crippen molar-refractivity contribution in [2.45, 2.75) is 32.9 Å². The molecule has 2 rings (SSSR count). The Kier molecular flexibility index (Phi) is 11.2. The van der Waals surface area contributed by atoms with Gasteiger partial charge in [0.05, 0.1) is 12.3 Å². The van der Waals surface area contributed by atoms with Crippen molar-refractivity contribution in [2.24, 2.45) is 4.99 Å². The van der Waals surface area contributed by atoms with Crippen LogP contribution in [0.1, 0.15) is 25.8 Å². The number of piperazine rings is 1. The van der Waals surface area contributed by atoms with Gasteiger partial charge in [-0.25, -0.2) is 18.4 Å². The maximum absolute atomic E-state index is 11.4. The Morgan fingerprint density at radius 2 is 2.00 bits per heavy atom. The smallest absolute Gasteiger partial charge is 0.191 e. The van der Waals surface area contributed by atoms with Crippen LogP contribution in [-0.4, -0.2) is 82.1 Å². The van der Waals surface area contributed by atoms with E-state index in [2.05, 4.69) is 43.5 Å². The van der Waals surface area contributed by atoms with Gasteiger partial charge in [-0.1, -0.05) is 0 Å². The molecule has 1 unspecified atom stereocenters. The SMILES string of the molecule is CCNC(=NCc1ccnc(N2CCN(C)CC2)c1)NC(C)CCS(C)(=O)=O.I. The molecule has 1 aromatic heterocycles. The standard InChI is InChI=1S/C19H34N6O2S.HI/c1-5-20-19(23-16(2)7-13-28(4,26)27)22-15-17-6-8-21-18(14-17)25-11-9-24(3)10-12-25;/h6,8,14,16H,5,7,9-13,15H2,1-4H3,(H2,20,22,23);1H. The van der Waals surface area contributed by atoms with E-state index in [0.717, 1.165) is 44.1 Å². The van der Waals surface area contributed by atoms with Crippen molar-refractivity contribution in [1.29, 1.82) is 0 Å². The van der Waals surface area contributed by atoms with Crippen LogP contribution < -0.4 is 15.5 Å². The summed E-state index contributed by atoms with van der Waals surface area (Å²) in [7, 11) is -0.815. The minimum Gasteiger partial charge on any atom is -0.357 e. The number of hydrogen-bond donors (Lipinski definition) is 2. The predicted octanol–water partition coefficient (Wildman–Crippen LogP) is 1.33. The Labute approximate surface area is 192 Å². The van der Waals surface area contributed by atoms with Gasteiger partial charge in [0.15, 0.2) is 5.96 Å². The molecule has 0 bridgehead atoms. The molecule has 0 amide bonds. The number of aromatic nitrogens is 1. The topological polar surface area (TPSA) is 89.9 Å². The quantitative estimate of drug-likeness (QED) is 0.293. The number of halogens is 1. The van der Waals surface area contributed by atoms with Crippen LogP contribution >= 0.6 is 24.0 Å². The molecule has 1 fully saturated rings. The molecule has 0 radical (unpaired) electrons. The summed E-state index contributed by atoms with van der Waals surface area (Å²) in [5.41, 5.74) is 1.10. The van der Waals surface area contributed by atoms with E-state index in [9.17, 15) is 8.42 Å². The first-order valence-electron chi connectivity index (χ1n) is 9.88. The van der Waals surface area contributed by atoms with E-state index < -0.39 is 9.84 Å². The highest BCUT2D eigenvalue weighted by Crippen LogP contribution is 2.15. The first-order valence-corrected chi connectivity index (χ1v) is 11.9. The molecule has 1 aliphatic heterocycles. The first-order chi connectivity index (χ1) is 13.3. The maximum atomic E-state index is 11.4. The summed E-state index contributed by atoms with van der Waals surface area (Å²) < 4.78 is 22.7. The average molecular weight is 539 g/mol. The summed E-state index contributed by atoms with van der Waals surface area (Å²) in [6, 6.07) is 4.11. The van der Waals surface area contributed by atoms with E-state index >= 15 is 0 Å². The zero-order chi connectivity index (χ0) is 20.6. The lowest BCUT2D eigenvalue weighted by atomic mass is 10.2. The lowest BCUT2D eigenvalue weighted by Gasteiger charge is -2.33. The Morgan fingerprint density at radius 1 is 1.31 bits per heavy atom. The lowest BCUT2D eigenvalue weighted by Crippen LogP contribution is -2.44. The van der Waals surface area contributed by atoms with E-state index in [1.165, 1.54) is 6.26 Å². The number of nitrogens with zero attached hydrogens (tertiary/aromatic N) is 4. The molecule has 2 heterocycles. The molecule has 0 aliphatic carbocycles. The summed E-state index contributed by atoms with van der Waals surface area (Å²) in [4.78, 5) is 13.8. The highest BCUT2D eigenvalue weighted by molar-refractivity contribution is 14.0. The number of nitrogens with one attached hydrogen (secondary N) is 2. The summed E-state index contributed by atoms with van der Waals surface area (Å²) in [6.45, 7) is 9.32. The number of guanidine groups is 1. The van der Waals surface area contributed by atoms with Crippen LogP contribution in [0.3, 0.4) is 0 Å². The van der Waals surface area contributed by atoms with Crippen LogP contribution in [0.2, 0.25) is 0 Å². The number of sulfone groups is 1. The van der Waals surface area contributed by atoms with Crippen LogP contribution in [0, 0.1) is 0 Å². The normalized spacial score (nSPS) is 16.8. The van der Waals surface area contributed by atoms with Crippen LogP contribution in [-0.2, 0) is 16.4 Å². The average Bonchev–Trinajstić information content (AvgIpc) is 2.65. The molecule has 1 atom stereocenters. The molecule has 1 aliphatic rings. The minimum absolute atomic E-state index is 0. The van der Waals surface area contributed by atoms with Gasteiger partial charge in [0.1, 0.15) is 15.7 Å². The van der Waals surface area contributed by atoms with Crippen molar-refractivity contribution in [3.8, 4) is 0 Å². The van der Waals surface area contributed by atoms with Crippen molar-refractivity contribution in [1.82, 2.24) is 20.5 Å². The van der Waals surface area contributed by atoms with Crippen molar-refractivity contribution in [3.63, 3.8) is 0 Å². The second-order valence-corrected chi connectivity index (χ2v) is 9.73. The number of hydrogen-bond acceptors (Lipinski definition) is 6. The highest BCUT2D eigenvalue weighted by Gasteiger charge is 2.15. The second kappa shape index (κ2) is 12.5. The van der Waals surface area contributed by atoms with Crippen molar-refractivity contribution in [3.05, 3.63) is 23.9 Å². The summed E-state index contributed by atoms with van der Waals surface area (Å²) in [5, 5.41) is 6.51. The molecular weight excluding hydrogens is 503 g/mol. The maximum Gasteiger partial charge on any atom is 0.191 e. The number of anilines is 1. The molecule has 0 spiro atoms. The molecule has 8 nitrogen and oxygen atoms in total. The zero-order valence-electron chi connectivity index (χ0n) is 17.9. The van der Waals surface area contributed by atoms with Gasteiger partial charge in [-0.3, -0.25) is 0 Å². The Balaban J connectivity index is 0.00000420. The van der Waals surface area contributed by atoms with Crippen molar-refractivity contribution >= 4 is 45.6 Å². The van der Waals surface area contributed by atoms with Crippen LogP contribution in [0.25, 0.3) is 0 Å². The second-order valence-electron chi connectivity index (χ2n) is 7.47. The molecule has 0 saturated carbocycles. The monoisotopic (exact) mass is 538 g/mol. The van der Waals surface area contributed by atoms with Gasteiger partial charge in [0, 0.05) is 51.2 Å². The molecule has 1 aromatic rings. The number of likely N-dealkylation sites (N-methyl/N-ethyl adjacent to an activating group) is 1. The summed E-state index contributed by atoms with van der Waals surface area (Å²) >= 11 is 0. The third-order valence-corrected chi connectivity index (χ3v) is 5.68. The number of aliphatic imine (C=N–C) groups is 1. The van der Waals surface area contributed by atoms with E-state index in [1.54, 1.807) is 0 Å². The molecular formula is C19H35IN6O2S. The van der Waals surface area contributed by atoms with Crippen LogP contribution in [0.5, 0.6) is 0 Å². The van der Waals surface area contributed by atoms with Gasteiger partial charge < -0.3 is 20.4 Å². The Hall–Kier alpha value is -1.14. The van der Waals surface area contributed by atoms with E-state index in [0.29, 0.717) is 18.9 Å². The van der Waals surface area contributed by atoms with Gasteiger partial charge in [-0.05, 0) is 45.0 Å². The molecule has 2 N–H and O–H groups in total. The molecule has 166 valence electrons. The van der Waals surface area contributed by atoms with E-state index in [-0.39, 0.29) is 35.8 Å². The minimum atomic E-state index is -2.96. The fourth-order valence-electron chi connectivity index (χ4n) is 2.95. The summed E-state index contributed by atoms with van der Waals surface area (Å²) in [5.74, 6) is 1.86. The van der Waals surface area contributed by atoms with Crippen LogP contribution in [0.4, 0.5) is 5.82 Å². The van der Waals surface area contributed by atoms with Gasteiger partial charge in [-0.15, -0.1) is 24.0 Å². The van der Waals surface area contributed by atoms with Crippen molar-refractivity contribution < 1.29 is 8.42 Å². The highest BCUT2D eigenvalue weighted by atomic mass is 127. The molecule has 0 aromatic carbocycles. The molecule has 29 heavy (non-hydrogen) atoms. The fourth-order valence-corrected chi connectivity index (χ4v) is 3.74. The van der Waals surface area contributed by atoms with Gasteiger partial charge >= 0.3 is 0 Å². The molecule has 1 saturated heterocycles. The Morgan fingerprint density at radius 3 is 2.62 bits per heavy atom. The van der Waals surface area contributed by atoms with E-state index in [1.807, 2.05) is 26.1 Å². The predicted molar refractivity (Wildman–Crippen MR) is 131 cm³/mol. The number of pyridine rings is 1.